The van der Waals surface area contributed by atoms with Crippen LogP contribution in [0.25, 0.3) is 0 Å². The molecule has 232 valence electrons. The maximum Gasteiger partial charge on any atom is 0.337 e. The van der Waals surface area contributed by atoms with Gasteiger partial charge in [-0.25, -0.2) is 9.59 Å². The zero-order valence-corrected chi connectivity index (χ0v) is 27.0. The van der Waals surface area contributed by atoms with Crippen molar-refractivity contribution in [3.63, 3.8) is 0 Å². The van der Waals surface area contributed by atoms with Crippen molar-refractivity contribution < 1.29 is 33.6 Å². The van der Waals surface area contributed by atoms with Crippen molar-refractivity contribution in [1.82, 2.24) is 16.1 Å². The number of carbonyl (C=O) groups is 2. The van der Waals surface area contributed by atoms with Crippen LogP contribution in [0.4, 0.5) is 4.79 Å². The molecule has 4 rings (SSSR count). The number of benzene rings is 3. The second-order valence-corrected chi connectivity index (χ2v) is 11.0. The summed E-state index contributed by atoms with van der Waals surface area (Å²) in [5, 5.41) is 19.9. The normalized spacial score (nSPS) is 15.3. The number of hydrazone groups is 1. The molecule has 3 aromatic rings. The van der Waals surface area contributed by atoms with Crippen molar-refractivity contribution >= 4 is 40.8 Å². The van der Waals surface area contributed by atoms with Crippen molar-refractivity contribution in [2.45, 2.75) is 39.6 Å². The molecule has 0 unspecified atom stereocenters. The molecule has 12 heteroatoms. The number of nitrogens with one attached hydrogen (secondary N) is 3. The molecule has 0 aliphatic carbocycles. The summed E-state index contributed by atoms with van der Waals surface area (Å²) in [6.45, 7) is 6.20. The third-order valence-corrected chi connectivity index (χ3v) is 7.39. The van der Waals surface area contributed by atoms with Gasteiger partial charge < -0.3 is 34.7 Å². The average Bonchev–Trinajstić information content (AvgIpc) is 2.99. The van der Waals surface area contributed by atoms with Gasteiger partial charge in [-0.1, -0.05) is 35.9 Å². The molecule has 1 heterocycles. The highest BCUT2D eigenvalue weighted by atomic mass is 127. The fourth-order valence-electron chi connectivity index (χ4n) is 4.50. The average molecular weight is 715 g/mol. The number of hydrogen-bond donors (Lipinski definition) is 4. The molecule has 0 saturated carbocycles. The monoisotopic (exact) mass is 714 g/mol. The molecule has 0 fully saturated rings. The Kier molecular flexibility index (Phi) is 11.4. The summed E-state index contributed by atoms with van der Waals surface area (Å²) in [6.07, 6.45) is 0.481. The van der Waals surface area contributed by atoms with E-state index in [1.165, 1.54) is 12.7 Å². The Morgan fingerprint density at radius 3 is 2.59 bits per heavy atom. The third-order valence-electron chi connectivity index (χ3n) is 6.54. The molecule has 3 aromatic carbocycles. The minimum Gasteiger partial charge on any atom is -0.490 e. The molecule has 44 heavy (non-hydrogen) atoms. The first-order valence-electron chi connectivity index (χ1n) is 13.9. The highest BCUT2D eigenvalue weighted by Crippen LogP contribution is 2.35. The molecule has 4 N–H and O–H groups in total. The zero-order chi connectivity index (χ0) is 31.6. The number of rotatable bonds is 13. The van der Waals surface area contributed by atoms with E-state index in [9.17, 15) is 14.7 Å². The number of amides is 2. The Labute approximate surface area is 269 Å². The highest BCUT2D eigenvalue weighted by molar-refractivity contribution is 14.1. The van der Waals surface area contributed by atoms with E-state index < -0.39 is 24.3 Å². The molecular weight excluding hydrogens is 679 g/mol. The van der Waals surface area contributed by atoms with Gasteiger partial charge in [-0.3, -0.25) is 5.43 Å². The molecular formula is C32H35IN4O7. The predicted molar refractivity (Wildman–Crippen MR) is 174 cm³/mol. The lowest BCUT2D eigenvalue weighted by Crippen LogP contribution is -2.45. The summed E-state index contributed by atoms with van der Waals surface area (Å²) in [5.41, 5.74) is 7.04. The van der Waals surface area contributed by atoms with Crippen LogP contribution in [0.15, 0.2) is 77.0 Å². The number of aliphatic hydroxyl groups is 1. The Morgan fingerprint density at radius 1 is 1.07 bits per heavy atom. The number of methoxy groups -OCH3 is 1. The fourth-order valence-corrected chi connectivity index (χ4v) is 5.19. The lowest BCUT2D eigenvalue weighted by atomic mass is 9.95. The van der Waals surface area contributed by atoms with Crippen LogP contribution >= 0.6 is 22.6 Å². The second kappa shape index (κ2) is 15.4. The SMILES string of the molecule is CCOc1cc([C@@H]2NC(=O)NC(C)=C2C(=O)OC)ccc1OC[C@H](O)N/N=C\c1ccc(OCc2cccc(C)c2)c(I)c1. The summed E-state index contributed by atoms with van der Waals surface area (Å²) in [5.74, 6) is 0.966. The number of allylic oxidation sites excluding steroid dienone is 1. The maximum atomic E-state index is 12.4. The van der Waals surface area contributed by atoms with Crippen LogP contribution in [0.5, 0.6) is 17.2 Å². The van der Waals surface area contributed by atoms with Gasteiger partial charge in [0.2, 0.25) is 0 Å². The summed E-state index contributed by atoms with van der Waals surface area (Å²) in [4.78, 5) is 24.6. The lowest BCUT2D eigenvalue weighted by molar-refractivity contribution is -0.136. The highest BCUT2D eigenvalue weighted by Gasteiger charge is 2.32. The minimum atomic E-state index is -1.11. The Balaban J connectivity index is 1.34. The molecule has 0 bridgehead atoms. The molecule has 0 radical (unpaired) electrons. The van der Waals surface area contributed by atoms with Gasteiger partial charge in [-0.05, 0) is 90.4 Å². The number of hydrogen-bond acceptors (Lipinski definition) is 9. The number of nitrogens with zero attached hydrogens (tertiary/aromatic N) is 1. The number of halogens is 1. The molecule has 11 nitrogen and oxygen atoms in total. The summed E-state index contributed by atoms with van der Waals surface area (Å²) >= 11 is 2.22. The van der Waals surface area contributed by atoms with E-state index in [0.29, 0.717) is 36.0 Å². The van der Waals surface area contributed by atoms with Crippen molar-refractivity contribution in [3.05, 3.63) is 97.8 Å². The number of esters is 1. The van der Waals surface area contributed by atoms with E-state index in [1.807, 2.05) is 37.3 Å². The Morgan fingerprint density at radius 2 is 1.86 bits per heavy atom. The number of aryl methyl sites for hydroxylation is 1. The van der Waals surface area contributed by atoms with Gasteiger partial charge in [0.25, 0.3) is 0 Å². The van der Waals surface area contributed by atoms with E-state index in [-0.39, 0.29) is 12.2 Å². The van der Waals surface area contributed by atoms with Gasteiger partial charge in [0.05, 0.1) is 35.1 Å². The maximum absolute atomic E-state index is 12.4. The van der Waals surface area contributed by atoms with Crippen molar-refractivity contribution in [2.24, 2.45) is 5.10 Å². The Hall–Kier alpha value is -4.30. The number of urea groups is 1. The van der Waals surface area contributed by atoms with Crippen LogP contribution in [-0.2, 0) is 16.1 Å². The zero-order valence-electron chi connectivity index (χ0n) is 24.8. The van der Waals surface area contributed by atoms with E-state index >= 15 is 0 Å². The van der Waals surface area contributed by atoms with Gasteiger partial charge in [0, 0.05) is 5.70 Å². The lowest BCUT2D eigenvalue weighted by Gasteiger charge is -2.28. The number of aliphatic hydroxyl groups excluding tert-OH is 1. The standard InChI is InChI=1S/C32H35IN4O7/c1-5-42-27-15-23(30-29(31(39)41-4)20(3)35-32(40)36-30)10-12-26(27)44-18-28(38)37-34-16-21-9-11-25(24(33)14-21)43-17-22-8-6-7-19(2)13-22/h6-16,28,30,37-38H,5,17-18H2,1-4H3,(H2,35,36,40)/b34-16-/t28-,30-/m0/s1. The quantitative estimate of drug-likeness (QED) is 0.0658. The largest absolute Gasteiger partial charge is 0.490 e. The smallest absolute Gasteiger partial charge is 0.337 e. The van der Waals surface area contributed by atoms with Gasteiger partial charge in [0.1, 0.15) is 19.0 Å². The van der Waals surface area contributed by atoms with Crippen LogP contribution < -0.4 is 30.3 Å². The van der Waals surface area contributed by atoms with Gasteiger partial charge in [-0.15, -0.1) is 0 Å². The second-order valence-electron chi connectivity index (χ2n) is 9.88. The number of ether oxygens (including phenoxy) is 4. The van der Waals surface area contributed by atoms with Gasteiger partial charge >= 0.3 is 12.0 Å². The van der Waals surface area contributed by atoms with Crippen molar-refractivity contribution in [3.8, 4) is 17.2 Å². The molecule has 0 aromatic heterocycles. The molecule has 0 spiro atoms. The summed E-state index contributed by atoms with van der Waals surface area (Å²) in [7, 11) is 1.28. The minimum absolute atomic E-state index is 0.128. The van der Waals surface area contributed by atoms with Crippen LogP contribution in [0.1, 0.15) is 42.1 Å². The molecule has 1 aliphatic rings. The van der Waals surface area contributed by atoms with Crippen molar-refractivity contribution in [1.29, 1.82) is 0 Å². The predicted octanol–water partition coefficient (Wildman–Crippen LogP) is 4.70. The first kappa shape index (κ1) is 32.6. The van der Waals surface area contributed by atoms with Crippen LogP contribution in [-0.4, -0.2) is 49.9 Å². The van der Waals surface area contributed by atoms with Gasteiger partial charge in [0.15, 0.2) is 17.7 Å². The van der Waals surface area contributed by atoms with E-state index in [1.54, 1.807) is 31.3 Å². The summed E-state index contributed by atoms with van der Waals surface area (Å²) < 4.78 is 23.4. The molecule has 1 aliphatic heterocycles. The van der Waals surface area contributed by atoms with Crippen LogP contribution in [0, 0.1) is 10.5 Å². The van der Waals surface area contributed by atoms with Crippen molar-refractivity contribution in [2.75, 3.05) is 20.3 Å². The third kappa shape index (κ3) is 8.63. The number of carbonyl (C=O) groups excluding carboxylic acids is 2. The van der Waals surface area contributed by atoms with E-state index in [4.69, 9.17) is 18.9 Å². The first-order chi connectivity index (χ1) is 21.2. The Bertz CT molecular complexity index is 1560. The summed E-state index contributed by atoms with van der Waals surface area (Å²) in [6, 6.07) is 17.7. The van der Waals surface area contributed by atoms with E-state index in [0.717, 1.165) is 20.4 Å². The first-order valence-corrected chi connectivity index (χ1v) is 15.0. The molecule has 2 atom stereocenters. The van der Waals surface area contributed by atoms with Crippen LogP contribution in [0.3, 0.4) is 0 Å². The fraction of sp³-hybridized carbons (Fsp3) is 0.281. The molecule has 2 amide bonds. The van der Waals surface area contributed by atoms with Gasteiger partial charge in [-0.2, -0.15) is 5.10 Å². The van der Waals surface area contributed by atoms with Crippen LogP contribution in [0.2, 0.25) is 0 Å². The molecule has 0 saturated heterocycles. The van der Waals surface area contributed by atoms with E-state index in [2.05, 4.69) is 62.8 Å². The topological polar surface area (TPSA) is 140 Å².